The van der Waals surface area contributed by atoms with Crippen LogP contribution in [0.25, 0.3) is 0 Å². The molecule has 0 aromatic rings. The molecule has 184 valence electrons. The van der Waals surface area contributed by atoms with Gasteiger partial charge in [-0.25, -0.2) is 13.2 Å². The molecule has 1 heterocycles. The van der Waals surface area contributed by atoms with Crippen LogP contribution in [-0.4, -0.2) is 86.1 Å². The number of guanidine groups is 1. The summed E-state index contributed by atoms with van der Waals surface area (Å²) in [7, 11) is -3.19. The lowest BCUT2D eigenvalue weighted by Gasteiger charge is -2.37. The third-order valence-corrected chi connectivity index (χ3v) is 7.51. The number of aliphatic imine (C=N–C) groups is 1. The molecule has 0 aromatic heterocycles. The summed E-state index contributed by atoms with van der Waals surface area (Å²) in [5, 5.41) is 3.28. The molecule has 0 bridgehead atoms. The molecule has 0 atom stereocenters. The van der Waals surface area contributed by atoms with Gasteiger partial charge in [-0.2, -0.15) is 0 Å². The van der Waals surface area contributed by atoms with Crippen LogP contribution in [0, 0.1) is 5.92 Å². The lowest BCUT2D eigenvalue weighted by atomic mass is 9.96. The van der Waals surface area contributed by atoms with Crippen LogP contribution in [0.2, 0.25) is 0 Å². The molecule has 10 heteroatoms. The lowest BCUT2D eigenvalue weighted by Crippen LogP contribution is -2.48. The Morgan fingerprint density at radius 1 is 1.16 bits per heavy atom. The highest BCUT2D eigenvalue weighted by molar-refractivity contribution is 14.0. The number of ether oxygens (including phenoxy) is 1. The summed E-state index contributed by atoms with van der Waals surface area (Å²) in [4.78, 5) is 21.0. The summed E-state index contributed by atoms with van der Waals surface area (Å²) in [5.41, 5.74) is -0.495. The highest BCUT2D eigenvalue weighted by Crippen LogP contribution is 2.21. The molecule has 1 amide bonds. The summed E-state index contributed by atoms with van der Waals surface area (Å²) >= 11 is 0. The molecule has 8 nitrogen and oxygen atoms in total. The number of rotatable bonds is 7. The zero-order chi connectivity index (χ0) is 23.2. The number of piperidine rings is 1. The Kier molecular flexibility index (Phi) is 12.1. The fourth-order valence-electron chi connectivity index (χ4n) is 3.11. The van der Waals surface area contributed by atoms with Gasteiger partial charge in [0.1, 0.15) is 5.60 Å². The van der Waals surface area contributed by atoms with Crippen LogP contribution in [0.5, 0.6) is 0 Å². The van der Waals surface area contributed by atoms with Crippen LogP contribution in [0.4, 0.5) is 4.79 Å². The van der Waals surface area contributed by atoms with E-state index in [-0.39, 0.29) is 36.6 Å². The molecule has 0 spiro atoms. The fourth-order valence-corrected chi connectivity index (χ4v) is 3.41. The average molecular weight is 575 g/mol. The van der Waals surface area contributed by atoms with Gasteiger partial charge in [-0.1, -0.05) is 0 Å². The highest BCUT2D eigenvalue weighted by atomic mass is 127. The van der Waals surface area contributed by atoms with E-state index in [1.54, 1.807) is 18.7 Å². The van der Waals surface area contributed by atoms with Crippen molar-refractivity contribution in [2.24, 2.45) is 10.9 Å². The third kappa shape index (κ3) is 10.1. The van der Waals surface area contributed by atoms with Gasteiger partial charge >= 0.3 is 6.09 Å². The maximum absolute atomic E-state index is 12.4. The molecule has 1 saturated heterocycles. The van der Waals surface area contributed by atoms with Crippen molar-refractivity contribution in [1.82, 2.24) is 15.1 Å². The molecule has 31 heavy (non-hydrogen) atoms. The maximum Gasteiger partial charge on any atom is 0.410 e. The predicted octanol–water partition coefficient (Wildman–Crippen LogP) is 3.36. The molecule has 1 N–H and O–H groups in total. The average Bonchev–Trinajstić information content (AvgIpc) is 2.61. The number of hydrogen-bond acceptors (Lipinski definition) is 5. The van der Waals surface area contributed by atoms with E-state index >= 15 is 0 Å². The van der Waals surface area contributed by atoms with Gasteiger partial charge in [0.05, 0.1) is 11.3 Å². The summed E-state index contributed by atoms with van der Waals surface area (Å²) in [6.45, 7) is 16.9. The normalized spacial score (nSPS) is 16.5. The standard InChI is InChI=1S/C21H42N4O4S.HI/c1-9-22-18(23-16-21(6,7)30(8,27)28)25-13-11-17(12-14-25)15-24(10-2)19(26)29-20(3,4)5;/h17H,9-16H2,1-8H3,(H,22,23);1H. The van der Waals surface area contributed by atoms with Crippen molar-refractivity contribution in [1.29, 1.82) is 0 Å². The highest BCUT2D eigenvalue weighted by Gasteiger charge is 2.31. The molecule has 1 rings (SSSR count). The second-order valence-corrected chi connectivity index (χ2v) is 12.3. The zero-order valence-electron chi connectivity index (χ0n) is 20.5. The number of halogens is 1. The topological polar surface area (TPSA) is 91.3 Å². The quantitative estimate of drug-likeness (QED) is 0.285. The number of sulfone groups is 1. The van der Waals surface area contributed by atoms with E-state index in [1.165, 1.54) is 6.26 Å². The summed E-state index contributed by atoms with van der Waals surface area (Å²) in [6.07, 6.45) is 2.88. The second kappa shape index (κ2) is 12.5. The van der Waals surface area contributed by atoms with Gasteiger partial charge in [0.25, 0.3) is 0 Å². The number of likely N-dealkylation sites (tertiary alicyclic amines) is 1. The first-order valence-corrected chi connectivity index (χ1v) is 12.8. The van der Waals surface area contributed by atoms with E-state index in [9.17, 15) is 13.2 Å². The molecular formula is C21H43IN4O4S. The van der Waals surface area contributed by atoms with Gasteiger partial charge < -0.3 is 19.9 Å². The summed E-state index contributed by atoms with van der Waals surface area (Å²) in [5.74, 6) is 1.16. The number of carbonyl (C=O) groups excluding carboxylic acids is 1. The van der Waals surface area contributed by atoms with Crippen LogP contribution in [0.15, 0.2) is 4.99 Å². The number of hydrogen-bond donors (Lipinski definition) is 1. The van der Waals surface area contributed by atoms with E-state index in [0.717, 1.165) is 38.4 Å². The van der Waals surface area contributed by atoms with E-state index in [4.69, 9.17) is 4.74 Å². The van der Waals surface area contributed by atoms with Crippen molar-refractivity contribution in [3.05, 3.63) is 0 Å². The minimum Gasteiger partial charge on any atom is -0.444 e. The summed E-state index contributed by atoms with van der Waals surface area (Å²) in [6, 6.07) is 0. The lowest BCUT2D eigenvalue weighted by molar-refractivity contribution is 0.0214. The molecular weight excluding hydrogens is 531 g/mol. The fraction of sp³-hybridized carbons (Fsp3) is 0.905. The van der Waals surface area contributed by atoms with Crippen molar-refractivity contribution in [2.45, 2.75) is 71.7 Å². The molecule has 1 aliphatic heterocycles. The number of carbonyl (C=O) groups is 1. The first-order chi connectivity index (χ1) is 13.7. The zero-order valence-corrected chi connectivity index (χ0v) is 23.7. The first-order valence-electron chi connectivity index (χ1n) is 10.9. The monoisotopic (exact) mass is 574 g/mol. The molecule has 0 radical (unpaired) electrons. The van der Waals surface area contributed by atoms with Crippen LogP contribution in [0.3, 0.4) is 0 Å². The summed E-state index contributed by atoms with van der Waals surface area (Å²) < 4.78 is 28.6. The minimum absolute atomic E-state index is 0. The molecule has 0 unspecified atom stereocenters. The van der Waals surface area contributed by atoms with E-state index in [2.05, 4.69) is 15.2 Å². The maximum atomic E-state index is 12.4. The van der Waals surface area contributed by atoms with Gasteiger partial charge in [-0.15, -0.1) is 24.0 Å². The molecule has 1 aliphatic rings. The second-order valence-electron chi connectivity index (χ2n) is 9.65. The Bertz CT molecular complexity index is 697. The largest absolute Gasteiger partial charge is 0.444 e. The van der Waals surface area contributed by atoms with Gasteiger partial charge in [0.2, 0.25) is 0 Å². The van der Waals surface area contributed by atoms with E-state index < -0.39 is 20.2 Å². The van der Waals surface area contributed by atoms with Crippen LogP contribution in [0.1, 0.15) is 61.3 Å². The van der Waals surface area contributed by atoms with Gasteiger partial charge in [-0.05, 0) is 67.2 Å². The smallest absolute Gasteiger partial charge is 0.410 e. The number of nitrogens with one attached hydrogen (secondary N) is 1. The SMILES string of the molecule is CCNC(=NCC(C)(C)S(C)(=O)=O)N1CCC(CN(CC)C(=O)OC(C)(C)C)CC1.I. The van der Waals surface area contributed by atoms with E-state index in [0.29, 0.717) is 19.0 Å². The van der Waals surface area contributed by atoms with Crippen molar-refractivity contribution < 1.29 is 17.9 Å². The van der Waals surface area contributed by atoms with E-state index in [1.807, 2.05) is 34.6 Å². The van der Waals surface area contributed by atoms with Crippen molar-refractivity contribution in [3.8, 4) is 0 Å². The van der Waals surface area contributed by atoms with Gasteiger partial charge in [0, 0.05) is 39.0 Å². The van der Waals surface area contributed by atoms with Crippen LogP contribution < -0.4 is 5.32 Å². The molecule has 0 saturated carbocycles. The van der Waals surface area contributed by atoms with Gasteiger partial charge in [-0.3, -0.25) is 4.99 Å². The van der Waals surface area contributed by atoms with Crippen molar-refractivity contribution in [2.75, 3.05) is 45.5 Å². The van der Waals surface area contributed by atoms with Crippen molar-refractivity contribution >= 4 is 45.9 Å². The molecule has 0 aromatic carbocycles. The van der Waals surface area contributed by atoms with Crippen LogP contribution in [-0.2, 0) is 14.6 Å². The number of amides is 1. The number of nitrogens with zero attached hydrogens (tertiary/aromatic N) is 3. The third-order valence-electron chi connectivity index (χ3n) is 5.37. The van der Waals surface area contributed by atoms with Gasteiger partial charge in [0.15, 0.2) is 15.8 Å². The molecule has 1 fully saturated rings. The Balaban J connectivity index is 0.00000900. The predicted molar refractivity (Wildman–Crippen MR) is 138 cm³/mol. The Morgan fingerprint density at radius 2 is 1.71 bits per heavy atom. The molecule has 0 aliphatic carbocycles. The first kappa shape index (κ1) is 30.2. The Labute approximate surface area is 206 Å². The Hall–Kier alpha value is -0.780. The minimum atomic E-state index is -3.19. The Morgan fingerprint density at radius 3 is 2.13 bits per heavy atom. The van der Waals surface area contributed by atoms with Crippen LogP contribution >= 0.6 is 24.0 Å². The van der Waals surface area contributed by atoms with Crippen molar-refractivity contribution in [3.63, 3.8) is 0 Å².